The van der Waals surface area contributed by atoms with Crippen molar-refractivity contribution in [2.45, 2.75) is 25.7 Å². The predicted octanol–water partition coefficient (Wildman–Crippen LogP) is 2.39. The second-order valence-electron chi connectivity index (χ2n) is 6.82. The van der Waals surface area contributed by atoms with Crippen molar-refractivity contribution >= 4 is 5.96 Å². The van der Waals surface area contributed by atoms with Crippen LogP contribution in [0.25, 0.3) is 0 Å². The number of likely N-dealkylation sites (tertiary alicyclic amines) is 2. The van der Waals surface area contributed by atoms with E-state index in [4.69, 9.17) is 0 Å². The molecule has 2 aliphatic heterocycles. The fraction of sp³-hybridized carbons (Fsp3) is 0.632. The third-order valence-corrected chi connectivity index (χ3v) is 5.34. The summed E-state index contributed by atoms with van der Waals surface area (Å²) in [6, 6.07) is 10.9. The SMILES string of the molecule is CCN1CCC(CNC(=NC)N2CCC(c3ccccc3)C2)C1. The summed E-state index contributed by atoms with van der Waals surface area (Å²) in [6.45, 7) is 9.14. The maximum atomic E-state index is 4.52. The molecular formula is C19H30N4. The molecule has 2 atom stereocenters. The number of benzene rings is 1. The van der Waals surface area contributed by atoms with Crippen LogP contribution < -0.4 is 5.32 Å². The first kappa shape index (κ1) is 16.3. The Morgan fingerprint density at radius 2 is 2.00 bits per heavy atom. The summed E-state index contributed by atoms with van der Waals surface area (Å²) >= 11 is 0. The van der Waals surface area contributed by atoms with E-state index in [9.17, 15) is 0 Å². The van der Waals surface area contributed by atoms with Crippen molar-refractivity contribution in [1.82, 2.24) is 15.1 Å². The van der Waals surface area contributed by atoms with E-state index in [0.29, 0.717) is 5.92 Å². The van der Waals surface area contributed by atoms with Crippen LogP contribution in [0.5, 0.6) is 0 Å². The lowest BCUT2D eigenvalue weighted by molar-refractivity contribution is 0.341. The molecule has 2 aliphatic rings. The molecule has 1 aromatic carbocycles. The number of nitrogens with zero attached hydrogens (tertiary/aromatic N) is 3. The van der Waals surface area contributed by atoms with Crippen LogP contribution >= 0.6 is 0 Å². The molecule has 0 bridgehead atoms. The van der Waals surface area contributed by atoms with Gasteiger partial charge in [0.25, 0.3) is 0 Å². The summed E-state index contributed by atoms with van der Waals surface area (Å²) in [5, 5.41) is 3.62. The highest BCUT2D eigenvalue weighted by atomic mass is 15.3. The lowest BCUT2D eigenvalue weighted by Gasteiger charge is -2.23. The van der Waals surface area contributed by atoms with Gasteiger partial charge in [-0.05, 0) is 37.4 Å². The molecule has 4 nitrogen and oxygen atoms in total. The zero-order chi connectivity index (χ0) is 16.1. The van der Waals surface area contributed by atoms with Crippen LogP contribution in [0.3, 0.4) is 0 Å². The normalized spacial score (nSPS) is 26.0. The molecular weight excluding hydrogens is 284 g/mol. The first-order valence-electron chi connectivity index (χ1n) is 9.03. The quantitative estimate of drug-likeness (QED) is 0.684. The van der Waals surface area contributed by atoms with Gasteiger partial charge in [-0.25, -0.2) is 0 Å². The van der Waals surface area contributed by atoms with Gasteiger partial charge in [-0.3, -0.25) is 4.99 Å². The molecule has 0 spiro atoms. The van der Waals surface area contributed by atoms with Gasteiger partial charge in [-0.2, -0.15) is 0 Å². The number of aliphatic imine (C=N–C) groups is 1. The molecule has 126 valence electrons. The zero-order valence-electron chi connectivity index (χ0n) is 14.5. The number of nitrogens with one attached hydrogen (secondary N) is 1. The van der Waals surface area contributed by atoms with Crippen molar-refractivity contribution in [1.29, 1.82) is 0 Å². The minimum atomic E-state index is 0.636. The van der Waals surface area contributed by atoms with Gasteiger partial charge < -0.3 is 15.1 Å². The highest BCUT2D eigenvalue weighted by Crippen LogP contribution is 2.27. The molecule has 0 amide bonds. The third kappa shape index (κ3) is 4.05. The number of rotatable bonds is 4. The maximum Gasteiger partial charge on any atom is 0.193 e. The van der Waals surface area contributed by atoms with Gasteiger partial charge in [0.05, 0.1) is 0 Å². The lowest BCUT2D eigenvalue weighted by atomic mass is 9.99. The highest BCUT2D eigenvalue weighted by Gasteiger charge is 2.27. The van der Waals surface area contributed by atoms with Crippen molar-refractivity contribution in [3.63, 3.8) is 0 Å². The Kier molecular flexibility index (Phi) is 5.55. The average Bonchev–Trinajstić information content (AvgIpc) is 3.26. The molecule has 0 aliphatic carbocycles. The van der Waals surface area contributed by atoms with E-state index in [-0.39, 0.29) is 0 Å². The summed E-state index contributed by atoms with van der Waals surface area (Å²) < 4.78 is 0. The third-order valence-electron chi connectivity index (χ3n) is 5.34. The van der Waals surface area contributed by atoms with Crippen LogP contribution in [-0.2, 0) is 0 Å². The Bertz CT molecular complexity index is 513. The minimum Gasteiger partial charge on any atom is -0.356 e. The molecule has 3 rings (SSSR count). The summed E-state index contributed by atoms with van der Waals surface area (Å²) in [5.41, 5.74) is 1.46. The topological polar surface area (TPSA) is 30.9 Å². The van der Waals surface area contributed by atoms with Crippen LogP contribution in [0.1, 0.15) is 31.2 Å². The Morgan fingerprint density at radius 1 is 1.17 bits per heavy atom. The molecule has 2 unspecified atom stereocenters. The van der Waals surface area contributed by atoms with Gasteiger partial charge in [0, 0.05) is 39.1 Å². The van der Waals surface area contributed by atoms with Gasteiger partial charge in [-0.15, -0.1) is 0 Å². The number of guanidine groups is 1. The Morgan fingerprint density at radius 3 is 2.70 bits per heavy atom. The number of hydrogen-bond donors (Lipinski definition) is 1. The van der Waals surface area contributed by atoms with E-state index in [1.165, 1.54) is 38.0 Å². The summed E-state index contributed by atoms with van der Waals surface area (Å²) in [6.07, 6.45) is 2.53. The minimum absolute atomic E-state index is 0.636. The molecule has 2 heterocycles. The molecule has 1 N–H and O–H groups in total. The molecule has 2 fully saturated rings. The summed E-state index contributed by atoms with van der Waals surface area (Å²) in [4.78, 5) is 9.48. The van der Waals surface area contributed by atoms with Crippen LogP contribution in [0.4, 0.5) is 0 Å². The molecule has 1 aromatic rings. The lowest BCUT2D eigenvalue weighted by Crippen LogP contribution is -2.42. The van der Waals surface area contributed by atoms with Crippen molar-refractivity contribution < 1.29 is 0 Å². The Labute approximate surface area is 140 Å². The molecule has 0 aromatic heterocycles. The molecule has 0 radical (unpaired) electrons. The Balaban J connectivity index is 1.50. The van der Waals surface area contributed by atoms with Crippen LogP contribution in [0, 0.1) is 5.92 Å². The smallest absolute Gasteiger partial charge is 0.193 e. The first-order valence-corrected chi connectivity index (χ1v) is 9.03. The Hall–Kier alpha value is -1.55. The van der Waals surface area contributed by atoms with Gasteiger partial charge >= 0.3 is 0 Å². The van der Waals surface area contributed by atoms with E-state index < -0.39 is 0 Å². The summed E-state index contributed by atoms with van der Waals surface area (Å²) in [5.74, 6) is 2.48. The molecule has 23 heavy (non-hydrogen) atoms. The van der Waals surface area contributed by atoms with Crippen LogP contribution in [-0.4, -0.2) is 62.1 Å². The van der Waals surface area contributed by atoms with E-state index >= 15 is 0 Å². The van der Waals surface area contributed by atoms with Crippen molar-refractivity contribution in [2.24, 2.45) is 10.9 Å². The van der Waals surface area contributed by atoms with Gasteiger partial charge in [0.2, 0.25) is 0 Å². The van der Waals surface area contributed by atoms with E-state index in [2.05, 4.69) is 57.4 Å². The molecule has 4 heteroatoms. The van der Waals surface area contributed by atoms with Crippen molar-refractivity contribution in [2.75, 3.05) is 46.3 Å². The fourth-order valence-electron chi connectivity index (χ4n) is 3.88. The second kappa shape index (κ2) is 7.82. The van der Waals surface area contributed by atoms with Gasteiger partial charge in [0.1, 0.15) is 0 Å². The standard InChI is InChI=1S/C19H30N4/c1-3-22-11-9-16(14-22)13-21-19(20-2)23-12-10-18(15-23)17-7-5-4-6-8-17/h4-8,16,18H,3,9-15H2,1-2H3,(H,20,21). The predicted molar refractivity (Wildman–Crippen MR) is 97.0 cm³/mol. The fourth-order valence-corrected chi connectivity index (χ4v) is 3.88. The van der Waals surface area contributed by atoms with Crippen molar-refractivity contribution in [3.05, 3.63) is 35.9 Å². The maximum absolute atomic E-state index is 4.52. The van der Waals surface area contributed by atoms with Gasteiger partial charge in [-0.1, -0.05) is 37.3 Å². The van der Waals surface area contributed by atoms with Gasteiger partial charge in [0.15, 0.2) is 5.96 Å². The second-order valence-corrected chi connectivity index (χ2v) is 6.82. The van der Waals surface area contributed by atoms with Crippen LogP contribution in [0.2, 0.25) is 0 Å². The average molecular weight is 314 g/mol. The monoisotopic (exact) mass is 314 g/mol. The van der Waals surface area contributed by atoms with Crippen molar-refractivity contribution in [3.8, 4) is 0 Å². The zero-order valence-corrected chi connectivity index (χ0v) is 14.5. The largest absolute Gasteiger partial charge is 0.356 e. The highest BCUT2D eigenvalue weighted by molar-refractivity contribution is 5.80. The number of hydrogen-bond acceptors (Lipinski definition) is 2. The first-order chi connectivity index (χ1) is 11.3. The van der Waals surface area contributed by atoms with E-state index in [1.807, 2.05) is 7.05 Å². The van der Waals surface area contributed by atoms with E-state index in [1.54, 1.807) is 0 Å². The van der Waals surface area contributed by atoms with Crippen LogP contribution in [0.15, 0.2) is 35.3 Å². The molecule has 0 saturated carbocycles. The van der Waals surface area contributed by atoms with E-state index in [0.717, 1.165) is 31.5 Å². The summed E-state index contributed by atoms with van der Waals surface area (Å²) in [7, 11) is 1.91. The molecule has 2 saturated heterocycles.